The first-order chi connectivity index (χ1) is 9.13. The minimum absolute atomic E-state index is 0.0677. The van der Waals surface area contributed by atoms with E-state index in [1.54, 1.807) is 0 Å². The Morgan fingerprint density at radius 2 is 1.95 bits per heavy atom. The molecular formula is C15H18N2O2. The van der Waals surface area contributed by atoms with Crippen molar-refractivity contribution in [1.82, 2.24) is 0 Å². The molecule has 3 rings (SSSR count). The van der Waals surface area contributed by atoms with Crippen LogP contribution in [0, 0.1) is 0 Å². The van der Waals surface area contributed by atoms with E-state index in [4.69, 9.17) is 0 Å². The van der Waals surface area contributed by atoms with Gasteiger partial charge in [0.1, 0.15) is 5.78 Å². The van der Waals surface area contributed by atoms with Crippen LogP contribution in [-0.4, -0.2) is 24.8 Å². The maximum atomic E-state index is 11.4. The van der Waals surface area contributed by atoms with Crippen molar-refractivity contribution in [2.45, 2.75) is 38.1 Å². The number of anilines is 2. The minimum atomic E-state index is 0.0677. The quantitative estimate of drug-likeness (QED) is 0.884. The summed E-state index contributed by atoms with van der Waals surface area (Å²) in [5, 5.41) is 2.85. The van der Waals surface area contributed by atoms with Crippen LogP contribution in [0.4, 0.5) is 11.4 Å². The predicted molar refractivity (Wildman–Crippen MR) is 74.4 cm³/mol. The second kappa shape index (κ2) is 4.68. The molecule has 1 aliphatic heterocycles. The van der Waals surface area contributed by atoms with Gasteiger partial charge >= 0.3 is 0 Å². The summed E-state index contributed by atoms with van der Waals surface area (Å²) in [4.78, 5) is 24.9. The van der Waals surface area contributed by atoms with Gasteiger partial charge in [0.25, 0.3) is 0 Å². The topological polar surface area (TPSA) is 49.4 Å². The van der Waals surface area contributed by atoms with Crippen molar-refractivity contribution >= 4 is 23.1 Å². The highest BCUT2D eigenvalue weighted by Crippen LogP contribution is 2.30. The Balaban J connectivity index is 1.77. The van der Waals surface area contributed by atoms with E-state index in [0.717, 1.165) is 29.8 Å². The lowest BCUT2D eigenvalue weighted by Crippen LogP contribution is -2.35. The monoisotopic (exact) mass is 258 g/mol. The molecule has 0 spiro atoms. The van der Waals surface area contributed by atoms with Crippen molar-refractivity contribution in [3.63, 3.8) is 0 Å². The van der Waals surface area contributed by atoms with Crippen LogP contribution in [0.5, 0.6) is 0 Å². The molecule has 1 heterocycles. The number of carbonyl (C=O) groups excluding carboxylic acids is 2. The molecule has 1 amide bonds. The lowest BCUT2D eigenvalue weighted by molar-refractivity contribution is -0.120. The number of rotatable bonds is 2. The Morgan fingerprint density at radius 3 is 2.68 bits per heavy atom. The summed E-state index contributed by atoms with van der Waals surface area (Å²) in [7, 11) is 2.08. The zero-order valence-electron chi connectivity index (χ0n) is 11.1. The van der Waals surface area contributed by atoms with E-state index < -0.39 is 0 Å². The van der Waals surface area contributed by atoms with Gasteiger partial charge < -0.3 is 10.2 Å². The highest BCUT2D eigenvalue weighted by molar-refractivity contribution is 5.99. The van der Waals surface area contributed by atoms with Crippen LogP contribution in [-0.2, 0) is 16.0 Å². The normalized spacial score (nSPS) is 19.2. The van der Waals surface area contributed by atoms with E-state index in [0.29, 0.717) is 31.1 Å². The second-order valence-electron chi connectivity index (χ2n) is 5.45. The number of benzene rings is 1. The largest absolute Gasteiger partial charge is 0.372 e. The Labute approximate surface area is 112 Å². The summed E-state index contributed by atoms with van der Waals surface area (Å²) in [5.41, 5.74) is 3.14. The number of hydrogen-bond acceptors (Lipinski definition) is 3. The summed E-state index contributed by atoms with van der Waals surface area (Å²) in [6.07, 6.45) is 3.73. The first-order valence-corrected chi connectivity index (χ1v) is 6.81. The summed E-state index contributed by atoms with van der Waals surface area (Å²) in [6.45, 7) is 0. The lowest BCUT2D eigenvalue weighted by Gasteiger charge is -2.32. The highest BCUT2D eigenvalue weighted by Gasteiger charge is 2.24. The first-order valence-electron chi connectivity index (χ1n) is 6.81. The van der Waals surface area contributed by atoms with Crippen molar-refractivity contribution in [3.05, 3.63) is 23.8 Å². The molecule has 1 aliphatic carbocycles. The third-order valence-corrected chi connectivity index (χ3v) is 4.18. The minimum Gasteiger partial charge on any atom is -0.372 e. The number of amides is 1. The van der Waals surface area contributed by atoms with E-state index in [9.17, 15) is 9.59 Å². The number of carbonyl (C=O) groups is 2. The Morgan fingerprint density at radius 1 is 1.21 bits per heavy atom. The van der Waals surface area contributed by atoms with Gasteiger partial charge in [0.05, 0.1) is 6.42 Å². The summed E-state index contributed by atoms with van der Waals surface area (Å²) in [6, 6.07) is 6.53. The van der Waals surface area contributed by atoms with E-state index >= 15 is 0 Å². The van der Waals surface area contributed by atoms with Crippen LogP contribution < -0.4 is 10.2 Å². The molecule has 0 radical (unpaired) electrons. The Bertz CT molecular complexity index is 529. The van der Waals surface area contributed by atoms with Crippen molar-refractivity contribution in [2.24, 2.45) is 0 Å². The number of nitrogens with zero attached hydrogens (tertiary/aromatic N) is 1. The second-order valence-corrected chi connectivity index (χ2v) is 5.45. The zero-order valence-corrected chi connectivity index (χ0v) is 11.1. The van der Waals surface area contributed by atoms with Gasteiger partial charge in [0, 0.05) is 37.3 Å². The van der Waals surface area contributed by atoms with Crippen molar-refractivity contribution in [1.29, 1.82) is 0 Å². The number of Topliss-reactive ketones (excluding diaryl/α,β-unsaturated/α-hetero) is 1. The summed E-state index contributed by atoms with van der Waals surface area (Å²) < 4.78 is 0. The predicted octanol–water partition coefficient (Wildman–Crippen LogP) is 2.13. The first kappa shape index (κ1) is 12.2. The van der Waals surface area contributed by atoms with Crippen LogP contribution in [0.1, 0.15) is 31.2 Å². The highest BCUT2D eigenvalue weighted by atomic mass is 16.1. The fourth-order valence-corrected chi connectivity index (χ4v) is 2.96. The van der Waals surface area contributed by atoms with Gasteiger partial charge in [-0.3, -0.25) is 9.59 Å². The molecule has 0 saturated heterocycles. The Hall–Kier alpha value is -1.84. The molecule has 1 saturated carbocycles. The van der Waals surface area contributed by atoms with Crippen LogP contribution in [0.2, 0.25) is 0 Å². The average Bonchev–Trinajstić information content (AvgIpc) is 2.77. The molecule has 100 valence electrons. The molecule has 19 heavy (non-hydrogen) atoms. The third-order valence-electron chi connectivity index (χ3n) is 4.18. The number of hydrogen-bond donors (Lipinski definition) is 1. The molecule has 4 heteroatoms. The molecule has 1 aromatic carbocycles. The lowest BCUT2D eigenvalue weighted by atomic mass is 9.93. The van der Waals surface area contributed by atoms with E-state index in [2.05, 4.69) is 23.3 Å². The fraction of sp³-hybridized carbons (Fsp3) is 0.467. The molecular weight excluding hydrogens is 240 g/mol. The van der Waals surface area contributed by atoms with Crippen LogP contribution in [0.3, 0.4) is 0 Å². The van der Waals surface area contributed by atoms with Crippen LogP contribution in [0.15, 0.2) is 18.2 Å². The molecule has 0 atom stereocenters. The van der Waals surface area contributed by atoms with Gasteiger partial charge in [-0.25, -0.2) is 0 Å². The number of nitrogens with one attached hydrogen (secondary N) is 1. The standard InChI is InChI=1S/C15H18N2O2/c1-17(11-2-5-13(18)6-3-11)12-4-7-14-10(8-12)9-15(19)16-14/h4,7-8,11H,2-3,5-6,9H2,1H3,(H,16,19). The van der Waals surface area contributed by atoms with Crippen molar-refractivity contribution in [2.75, 3.05) is 17.3 Å². The molecule has 0 unspecified atom stereocenters. The van der Waals surface area contributed by atoms with Crippen molar-refractivity contribution in [3.8, 4) is 0 Å². The SMILES string of the molecule is CN(c1ccc2c(c1)CC(=O)N2)C1CCC(=O)CC1. The molecule has 0 bridgehead atoms. The summed E-state index contributed by atoms with van der Waals surface area (Å²) >= 11 is 0. The van der Waals surface area contributed by atoms with E-state index in [1.807, 2.05) is 12.1 Å². The van der Waals surface area contributed by atoms with Gasteiger partial charge in [-0.1, -0.05) is 0 Å². The molecule has 2 aliphatic rings. The van der Waals surface area contributed by atoms with Crippen LogP contribution in [0.25, 0.3) is 0 Å². The molecule has 1 N–H and O–H groups in total. The van der Waals surface area contributed by atoms with Crippen LogP contribution >= 0.6 is 0 Å². The molecule has 1 fully saturated rings. The van der Waals surface area contributed by atoms with E-state index in [1.165, 1.54) is 0 Å². The van der Waals surface area contributed by atoms with Gasteiger partial charge in [-0.15, -0.1) is 0 Å². The van der Waals surface area contributed by atoms with Crippen molar-refractivity contribution < 1.29 is 9.59 Å². The number of ketones is 1. The van der Waals surface area contributed by atoms with Gasteiger partial charge in [0.2, 0.25) is 5.91 Å². The van der Waals surface area contributed by atoms with Gasteiger partial charge in [-0.05, 0) is 36.6 Å². The fourth-order valence-electron chi connectivity index (χ4n) is 2.96. The number of fused-ring (bicyclic) bond motifs is 1. The average molecular weight is 258 g/mol. The molecule has 4 nitrogen and oxygen atoms in total. The maximum Gasteiger partial charge on any atom is 0.228 e. The summed E-state index contributed by atoms with van der Waals surface area (Å²) in [5.74, 6) is 0.450. The van der Waals surface area contributed by atoms with E-state index in [-0.39, 0.29) is 5.91 Å². The molecule has 0 aromatic heterocycles. The smallest absolute Gasteiger partial charge is 0.228 e. The van der Waals surface area contributed by atoms with Gasteiger partial charge in [-0.2, -0.15) is 0 Å². The zero-order chi connectivity index (χ0) is 13.4. The third kappa shape index (κ3) is 2.35. The Kier molecular flexibility index (Phi) is 3.01. The maximum absolute atomic E-state index is 11.4. The molecule has 1 aromatic rings. The van der Waals surface area contributed by atoms with Gasteiger partial charge in [0.15, 0.2) is 0 Å².